The Hall–Kier alpha value is -1.45. The van der Waals surface area contributed by atoms with Gasteiger partial charge in [0.15, 0.2) is 5.82 Å². The summed E-state index contributed by atoms with van der Waals surface area (Å²) in [5.41, 5.74) is 6.06. The van der Waals surface area contributed by atoms with E-state index >= 15 is 0 Å². The molecule has 1 heterocycles. The van der Waals surface area contributed by atoms with E-state index in [4.69, 9.17) is 5.73 Å². The van der Waals surface area contributed by atoms with Crippen molar-refractivity contribution in [2.24, 2.45) is 4.99 Å². The molecule has 0 aliphatic rings. The van der Waals surface area contributed by atoms with Crippen molar-refractivity contribution in [1.82, 2.24) is 9.97 Å². The predicted molar refractivity (Wildman–Crippen MR) is 40.3 cm³/mol. The van der Waals surface area contributed by atoms with Gasteiger partial charge in [0.2, 0.25) is 0 Å². The van der Waals surface area contributed by atoms with Gasteiger partial charge in [0, 0.05) is 6.21 Å². The second kappa shape index (κ2) is 2.91. The second-order valence-corrected chi connectivity index (χ2v) is 1.68. The van der Waals surface area contributed by atoms with Gasteiger partial charge in [-0.2, -0.15) is 0 Å². The highest BCUT2D eigenvalue weighted by molar-refractivity contribution is 5.65. The second-order valence-electron chi connectivity index (χ2n) is 1.68. The number of aromatic nitrogens is 2. The van der Waals surface area contributed by atoms with Crippen molar-refractivity contribution in [2.75, 3.05) is 5.73 Å². The minimum absolute atomic E-state index is 0.410. The van der Waals surface area contributed by atoms with Crippen LogP contribution in [0.1, 0.15) is 6.92 Å². The quantitative estimate of drug-likeness (QED) is 0.580. The Balaban J connectivity index is 3.03. The van der Waals surface area contributed by atoms with Crippen LogP contribution >= 0.6 is 0 Å². The molecule has 52 valence electrons. The molecular formula is C6H8N4. The fraction of sp³-hybridized carbons (Fsp3) is 0.167. The van der Waals surface area contributed by atoms with Gasteiger partial charge in [-0.05, 0) is 6.92 Å². The predicted octanol–water partition coefficient (Wildman–Crippen LogP) is 0.781. The van der Waals surface area contributed by atoms with E-state index in [0.29, 0.717) is 11.5 Å². The number of hydrogen-bond donors (Lipinski definition) is 1. The standard InChI is InChI=1S/C6H8N4/c1-2-9-5-3-8-4-10-6(5)7/h2-4H,1H3,(H2,7,8,10). The summed E-state index contributed by atoms with van der Waals surface area (Å²) in [5, 5.41) is 0. The number of aliphatic imine (C=N–C) groups is 1. The molecule has 0 unspecified atom stereocenters. The van der Waals surface area contributed by atoms with Gasteiger partial charge in [0.25, 0.3) is 0 Å². The van der Waals surface area contributed by atoms with E-state index in [1.807, 2.05) is 6.92 Å². The van der Waals surface area contributed by atoms with E-state index in [-0.39, 0.29) is 0 Å². The van der Waals surface area contributed by atoms with Crippen LogP contribution in [0, 0.1) is 0 Å². The van der Waals surface area contributed by atoms with E-state index in [1.54, 1.807) is 12.4 Å². The van der Waals surface area contributed by atoms with E-state index in [0.717, 1.165) is 0 Å². The number of nitrogen functional groups attached to an aromatic ring is 1. The SMILES string of the molecule is CC=Nc1cncnc1N. The Kier molecular flexibility index (Phi) is 1.94. The molecule has 1 rings (SSSR count). The van der Waals surface area contributed by atoms with Gasteiger partial charge < -0.3 is 5.73 Å². The smallest absolute Gasteiger partial charge is 0.152 e. The van der Waals surface area contributed by atoms with Gasteiger partial charge >= 0.3 is 0 Å². The maximum atomic E-state index is 5.44. The molecule has 0 aliphatic carbocycles. The van der Waals surface area contributed by atoms with Gasteiger partial charge in [-0.15, -0.1) is 0 Å². The number of nitrogens with two attached hydrogens (primary N) is 1. The minimum atomic E-state index is 0.410. The third-order valence-corrected chi connectivity index (χ3v) is 0.991. The summed E-state index contributed by atoms with van der Waals surface area (Å²) in [6.07, 6.45) is 4.61. The van der Waals surface area contributed by atoms with Crippen LogP contribution in [-0.2, 0) is 0 Å². The first-order valence-corrected chi connectivity index (χ1v) is 2.88. The monoisotopic (exact) mass is 136 g/mol. The minimum Gasteiger partial charge on any atom is -0.382 e. The Labute approximate surface area is 58.8 Å². The summed E-state index contributed by atoms with van der Waals surface area (Å²) in [5.74, 6) is 0.410. The van der Waals surface area contributed by atoms with Crippen LogP contribution in [0.3, 0.4) is 0 Å². The Morgan fingerprint density at radius 2 is 2.50 bits per heavy atom. The molecule has 0 atom stereocenters. The van der Waals surface area contributed by atoms with Gasteiger partial charge in [-0.1, -0.05) is 0 Å². The van der Waals surface area contributed by atoms with Crippen molar-refractivity contribution in [1.29, 1.82) is 0 Å². The molecule has 0 spiro atoms. The van der Waals surface area contributed by atoms with Crippen LogP contribution < -0.4 is 5.73 Å². The highest BCUT2D eigenvalue weighted by Crippen LogP contribution is 2.14. The summed E-state index contributed by atoms with van der Waals surface area (Å²) >= 11 is 0. The normalized spacial score (nSPS) is 10.5. The third kappa shape index (κ3) is 1.28. The van der Waals surface area contributed by atoms with Crippen LogP contribution in [0.25, 0.3) is 0 Å². The zero-order valence-electron chi connectivity index (χ0n) is 5.65. The summed E-state index contributed by atoms with van der Waals surface area (Å²) in [4.78, 5) is 11.4. The fourth-order valence-corrected chi connectivity index (χ4v) is 0.570. The van der Waals surface area contributed by atoms with E-state index in [2.05, 4.69) is 15.0 Å². The molecule has 0 aliphatic heterocycles. The molecular weight excluding hydrogens is 128 g/mol. The van der Waals surface area contributed by atoms with Crippen molar-refractivity contribution in [3.63, 3.8) is 0 Å². The summed E-state index contributed by atoms with van der Waals surface area (Å²) < 4.78 is 0. The molecule has 1 aromatic rings. The Bertz CT molecular complexity index is 243. The molecule has 1 aromatic heterocycles. The Morgan fingerprint density at radius 1 is 1.70 bits per heavy atom. The highest BCUT2D eigenvalue weighted by atomic mass is 14.9. The lowest BCUT2D eigenvalue weighted by atomic mass is 10.5. The molecule has 0 aromatic carbocycles. The van der Waals surface area contributed by atoms with Gasteiger partial charge in [-0.25, -0.2) is 9.97 Å². The first kappa shape index (κ1) is 6.67. The summed E-state index contributed by atoms with van der Waals surface area (Å²) in [7, 11) is 0. The first-order valence-electron chi connectivity index (χ1n) is 2.88. The van der Waals surface area contributed by atoms with Crippen LogP contribution in [-0.4, -0.2) is 16.2 Å². The molecule has 4 heteroatoms. The van der Waals surface area contributed by atoms with Crippen molar-refractivity contribution in [3.8, 4) is 0 Å². The van der Waals surface area contributed by atoms with Gasteiger partial charge in [0.05, 0.1) is 6.20 Å². The van der Waals surface area contributed by atoms with Crippen molar-refractivity contribution < 1.29 is 0 Å². The average Bonchev–Trinajstić information content (AvgIpc) is 1.94. The maximum absolute atomic E-state index is 5.44. The highest BCUT2D eigenvalue weighted by Gasteiger charge is 1.92. The lowest BCUT2D eigenvalue weighted by molar-refractivity contribution is 1.17. The number of hydrogen-bond acceptors (Lipinski definition) is 4. The Morgan fingerprint density at radius 3 is 3.10 bits per heavy atom. The zero-order valence-corrected chi connectivity index (χ0v) is 5.65. The molecule has 10 heavy (non-hydrogen) atoms. The average molecular weight is 136 g/mol. The molecule has 0 fully saturated rings. The molecule has 2 N–H and O–H groups in total. The topological polar surface area (TPSA) is 64.2 Å². The van der Waals surface area contributed by atoms with Crippen LogP contribution in [0.15, 0.2) is 17.5 Å². The number of nitrogens with zero attached hydrogens (tertiary/aromatic N) is 3. The van der Waals surface area contributed by atoms with Crippen molar-refractivity contribution in [3.05, 3.63) is 12.5 Å². The molecule has 0 saturated carbocycles. The van der Waals surface area contributed by atoms with E-state index < -0.39 is 0 Å². The van der Waals surface area contributed by atoms with Crippen molar-refractivity contribution >= 4 is 17.7 Å². The maximum Gasteiger partial charge on any atom is 0.152 e. The lowest BCUT2D eigenvalue weighted by Crippen LogP contribution is -1.90. The molecule has 0 radical (unpaired) electrons. The van der Waals surface area contributed by atoms with Crippen LogP contribution in [0.4, 0.5) is 11.5 Å². The van der Waals surface area contributed by atoms with E-state index in [9.17, 15) is 0 Å². The van der Waals surface area contributed by atoms with Crippen LogP contribution in [0.5, 0.6) is 0 Å². The molecule has 0 bridgehead atoms. The molecule has 0 amide bonds. The van der Waals surface area contributed by atoms with Gasteiger partial charge in [0.1, 0.15) is 12.0 Å². The summed E-state index contributed by atoms with van der Waals surface area (Å²) in [6.45, 7) is 1.81. The fourth-order valence-electron chi connectivity index (χ4n) is 0.570. The van der Waals surface area contributed by atoms with Crippen LogP contribution in [0.2, 0.25) is 0 Å². The zero-order chi connectivity index (χ0) is 7.40. The van der Waals surface area contributed by atoms with Crippen molar-refractivity contribution in [2.45, 2.75) is 6.92 Å². The van der Waals surface area contributed by atoms with E-state index in [1.165, 1.54) is 6.33 Å². The molecule has 0 saturated heterocycles. The summed E-state index contributed by atoms with van der Waals surface area (Å²) in [6, 6.07) is 0. The number of anilines is 1. The first-order chi connectivity index (χ1) is 4.84. The largest absolute Gasteiger partial charge is 0.382 e. The number of rotatable bonds is 1. The third-order valence-electron chi connectivity index (χ3n) is 0.991. The lowest BCUT2D eigenvalue weighted by Gasteiger charge is -1.93. The van der Waals surface area contributed by atoms with Gasteiger partial charge in [-0.3, -0.25) is 4.99 Å². The molecule has 4 nitrogen and oxygen atoms in total.